The molecule has 13 rings (SSSR count). The van der Waals surface area contributed by atoms with E-state index >= 15 is 0 Å². The highest BCUT2D eigenvalue weighted by atomic mass is 27.2. The van der Waals surface area contributed by atoms with Crippen LogP contribution in [0.25, 0.3) is 77.6 Å². The number of hydrogen-bond acceptors (Lipinski definition) is 11. The van der Waals surface area contributed by atoms with Crippen LogP contribution >= 0.6 is 0 Å². The summed E-state index contributed by atoms with van der Waals surface area (Å²) in [5, 5.41) is 20.2. The van der Waals surface area contributed by atoms with E-state index in [0.717, 1.165) is 66.6 Å². The minimum Gasteiger partial charge on any atom is -0.455 e. The Hall–Kier alpha value is -8.27. The van der Waals surface area contributed by atoms with E-state index in [1.165, 1.54) is 39.7 Å². The number of carbonyl (C=O) groups excluding carboxylic acids is 1. The summed E-state index contributed by atoms with van der Waals surface area (Å²) >= 11 is -1.05. The number of carbonyl (C=O) groups is 1. The number of aldehydes is 1. The Morgan fingerprint density at radius 2 is 0.935 bits per heavy atom. The summed E-state index contributed by atoms with van der Waals surface area (Å²) in [6.07, 6.45) is 18.7. The van der Waals surface area contributed by atoms with Gasteiger partial charge in [0.15, 0.2) is 6.29 Å². The number of fused-ring (bicyclic) bond motifs is 12. The summed E-state index contributed by atoms with van der Waals surface area (Å²) in [6, 6.07) is 49.2. The normalized spacial score (nSPS) is 13.4. The Bertz CT molecular complexity index is 3800. The number of nitro benzene ring substituents is 1. The van der Waals surface area contributed by atoms with E-state index in [0.29, 0.717) is 17.8 Å². The summed E-state index contributed by atoms with van der Waals surface area (Å²) in [5.41, 5.74) is 11.4. The quantitative estimate of drug-likeness (QED) is 0.0584. The lowest BCUT2D eigenvalue weighted by molar-refractivity contribution is -0.384. The molecule has 3 N–H and O–H groups in total. The van der Waals surface area contributed by atoms with Crippen LogP contribution < -0.4 is 9.20 Å². The Balaban J connectivity index is 0.000000139. The standard InChI is InChI=1S/C13H8N2O.C13H12N2.C13H11N2.C12H8N2.C6H5NO2.5CH3.2Al.H2O/c16-8-11-6-5-10-4-3-9-2-1-7-14-12(9)13(10)15-11;2*1-9-4-5-11-7-6-10-3-2-8-14-12(10)13(11)15-9;1-3-9-5-6-10-4-2-8-14-12(10)11(9)13-7-1;8-7(9)6-4-2-1-3-5-6;;;;;;;;/h1-8H;2-9,15H,1H3;2-9H,1H3;1-8H;1-5H;5*1H3;;;1H2/q;;-1;;;;;;;;;+1;. The predicted molar refractivity (Wildman–Crippen MR) is 324 cm³/mol. The van der Waals surface area contributed by atoms with Gasteiger partial charge in [-0.15, -0.1) is 17.4 Å². The molecule has 2 aliphatic rings. The number of pyridine rings is 6. The van der Waals surface area contributed by atoms with Gasteiger partial charge in [0.2, 0.25) is 0 Å². The minimum atomic E-state index is -0.912. The molecule has 384 valence electrons. The number of nitrogens with one attached hydrogen (secondary N) is 1. The van der Waals surface area contributed by atoms with Crippen LogP contribution in [0, 0.1) is 10.1 Å². The highest BCUT2D eigenvalue weighted by Crippen LogP contribution is 2.36. The summed E-state index contributed by atoms with van der Waals surface area (Å²) in [4.78, 5) is 46.6. The Labute approximate surface area is 457 Å². The van der Waals surface area contributed by atoms with E-state index in [2.05, 4.69) is 167 Å². The van der Waals surface area contributed by atoms with Crippen molar-refractivity contribution >= 4 is 129 Å². The largest absolute Gasteiger partial charge is 0.455 e. The third kappa shape index (κ3) is 14.2. The number of nitro groups is 1. The molecule has 0 saturated heterocycles. The molecule has 5 aromatic carbocycles. The van der Waals surface area contributed by atoms with Crippen molar-refractivity contribution in [2.24, 2.45) is 0 Å². The number of hydrogen-bond donors (Lipinski definition) is 1. The van der Waals surface area contributed by atoms with Crippen LogP contribution in [-0.2, 0) is 0 Å². The van der Waals surface area contributed by atoms with Crippen molar-refractivity contribution in [3.05, 3.63) is 222 Å². The molecular weight excluding hydrogens is 989 g/mol. The average molecular weight is 1050 g/mol. The SMILES string of the molecule is CC1C=Cc2ccc3cccnc3c2N1.CC1C=Cc2ccc3cccnc3c2[N]1[Al]([CH3])[CH3].O.O=Cc1ccc2ccc3cccnc3c2n1.O=[N+]([O-])c1ccccc1.[CH3][Al]([CH3])[CH3].c1cnc2c(c1)ccc1cccnc12. The van der Waals surface area contributed by atoms with Gasteiger partial charge in [0.05, 0.1) is 43.7 Å². The van der Waals surface area contributed by atoms with E-state index < -0.39 is 19.3 Å². The lowest BCUT2D eigenvalue weighted by Gasteiger charge is -2.37. The van der Waals surface area contributed by atoms with Crippen LogP contribution in [0.3, 0.4) is 0 Å². The number of benzene rings is 5. The second-order valence-corrected chi connectivity index (χ2v) is 25.4. The lowest BCUT2D eigenvalue weighted by Crippen LogP contribution is -2.42. The molecule has 6 aromatic heterocycles. The van der Waals surface area contributed by atoms with Crippen LogP contribution in [-0.4, -0.2) is 87.2 Å². The second kappa shape index (κ2) is 27.0. The van der Waals surface area contributed by atoms with Crippen molar-refractivity contribution in [3.63, 3.8) is 0 Å². The van der Waals surface area contributed by atoms with E-state index in [4.69, 9.17) is 0 Å². The Kier molecular flexibility index (Phi) is 19.8. The molecule has 2 unspecified atom stereocenters. The molecule has 2 aliphatic heterocycles. The van der Waals surface area contributed by atoms with Crippen LogP contribution in [0.1, 0.15) is 35.5 Å². The molecule has 0 spiro atoms. The van der Waals surface area contributed by atoms with Crippen molar-refractivity contribution in [3.8, 4) is 0 Å². The van der Waals surface area contributed by atoms with E-state index in [9.17, 15) is 14.9 Å². The molecule has 0 saturated carbocycles. The molecule has 2 atom stereocenters. The molecule has 77 heavy (non-hydrogen) atoms. The van der Waals surface area contributed by atoms with Gasteiger partial charge in [-0.3, -0.25) is 39.8 Å². The summed E-state index contributed by atoms with van der Waals surface area (Å²) in [6.45, 7) is 4.41. The lowest BCUT2D eigenvalue weighted by atomic mass is 10.0. The van der Waals surface area contributed by atoms with Gasteiger partial charge >= 0.3 is 14.4 Å². The van der Waals surface area contributed by atoms with E-state index in [1.54, 1.807) is 42.9 Å². The van der Waals surface area contributed by atoms with Gasteiger partial charge in [0.1, 0.15) is 5.69 Å². The fourth-order valence-electron chi connectivity index (χ4n) is 8.83. The molecule has 8 heterocycles. The zero-order valence-corrected chi connectivity index (χ0v) is 46.6. The zero-order valence-electron chi connectivity index (χ0n) is 44.3. The fraction of sp³-hybridized carbons (Fsp3) is 0.145. The van der Waals surface area contributed by atoms with Gasteiger partial charge in [-0.2, -0.15) is 0 Å². The minimum absolute atomic E-state index is 0. The van der Waals surface area contributed by atoms with E-state index in [-0.39, 0.29) is 25.3 Å². The third-order valence-electron chi connectivity index (χ3n) is 12.2. The van der Waals surface area contributed by atoms with Crippen LogP contribution in [0.2, 0.25) is 28.9 Å². The molecule has 0 radical (unpaired) electrons. The summed E-state index contributed by atoms with van der Waals surface area (Å²) < 4.78 is 2.59. The number of aromatic nitrogens is 6. The second-order valence-electron chi connectivity index (χ2n) is 19.2. The maximum Gasteiger partial charge on any atom is 0.407 e. The molecular formula is C62H61Al2N9O4. The smallest absolute Gasteiger partial charge is 0.407 e. The van der Waals surface area contributed by atoms with Crippen molar-refractivity contribution in [2.45, 2.75) is 54.9 Å². The number of non-ortho nitro benzene ring substituents is 1. The van der Waals surface area contributed by atoms with Crippen molar-refractivity contribution in [1.29, 1.82) is 0 Å². The first kappa shape index (κ1) is 56.5. The Morgan fingerprint density at radius 1 is 0.519 bits per heavy atom. The van der Waals surface area contributed by atoms with Crippen molar-refractivity contribution < 1.29 is 15.2 Å². The molecule has 0 aliphatic carbocycles. The Morgan fingerprint density at radius 3 is 1.43 bits per heavy atom. The number of rotatable bonds is 3. The maximum atomic E-state index is 10.7. The third-order valence-corrected chi connectivity index (χ3v) is 14.1. The van der Waals surface area contributed by atoms with Crippen LogP contribution in [0.4, 0.5) is 17.1 Å². The topological polar surface area (TPSA) is 184 Å². The van der Waals surface area contributed by atoms with Crippen LogP contribution in [0.15, 0.2) is 195 Å². The number of nitrogens with zero attached hydrogens (tertiary/aromatic N) is 8. The molecule has 0 fully saturated rings. The van der Waals surface area contributed by atoms with E-state index in [1.807, 2.05) is 67.0 Å². The number of anilines is 2. The highest BCUT2D eigenvalue weighted by molar-refractivity contribution is 6.61. The van der Waals surface area contributed by atoms with Gasteiger partial charge in [-0.25, -0.2) is 4.98 Å². The average Bonchev–Trinajstić information content (AvgIpc) is 3.46. The highest BCUT2D eigenvalue weighted by Gasteiger charge is 2.27. The van der Waals surface area contributed by atoms with Gasteiger partial charge in [0.25, 0.3) is 19.8 Å². The van der Waals surface area contributed by atoms with Crippen molar-refractivity contribution in [1.82, 2.24) is 29.9 Å². The monoisotopic (exact) mass is 1050 g/mol. The first-order valence-electron chi connectivity index (χ1n) is 25.4. The molecule has 0 amide bonds. The molecule has 15 heteroatoms. The van der Waals surface area contributed by atoms with Crippen LogP contribution in [0.5, 0.6) is 0 Å². The van der Waals surface area contributed by atoms with Gasteiger partial charge in [0, 0.05) is 93.2 Å². The fourth-order valence-corrected chi connectivity index (χ4v) is 10.7. The molecule has 0 bridgehead atoms. The molecule has 13 nitrogen and oxygen atoms in total. The first-order valence-corrected chi connectivity index (χ1v) is 31.7. The zero-order chi connectivity index (χ0) is 53.6. The predicted octanol–water partition coefficient (Wildman–Crippen LogP) is 14.3. The van der Waals surface area contributed by atoms with Gasteiger partial charge in [-0.1, -0.05) is 139 Å². The first-order chi connectivity index (χ1) is 36.9. The number of para-hydroxylation sites is 1. The summed E-state index contributed by atoms with van der Waals surface area (Å²) in [5.74, 6) is 11.7. The summed E-state index contributed by atoms with van der Waals surface area (Å²) in [7, 11) is 0. The van der Waals surface area contributed by atoms with Crippen molar-refractivity contribution in [2.75, 3.05) is 9.20 Å². The maximum absolute atomic E-state index is 10.7. The van der Waals surface area contributed by atoms with Gasteiger partial charge in [-0.05, 0) is 61.4 Å². The van der Waals surface area contributed by atoms with Gasteiger partial charge < -0.3 is 14.7 Å². The molecule has 11 aromatic rings.